The zero-order valence-corrected chi connectivity index (χ0v) is 11.0. The van der Waals surface area contributed by atoms with Crippen molar-refractivity contribution >= 4 is 11.3 Å². The monoisotopic (exact) mass is 248 g/mol. The summed E-state index contributed by atoms with van der Waals surface area (Å²) in [6.45, 7) is 5.90. The highest BCUT2D eigenvalue weighted by Gasteiger charge is 2.21. The van der Waals surface area contributed by atoms with Crippen LogP contribution in [0.5, 0.6) is 0 Å². The van der Waals surface area contributed by atoms with Crippen LogP contribution in [-0.4, -0.2) is 39.2 Å². The predicted octanol–water partition coefficient (Wildman–Crippen LogP) is 1.61. The van der Waals surface area contributed by atoms with Crippen molar-refractivity contribution < 1.29 is 8.76 Å². The molecular formula is C11H24N2O2S. The lowest BCUT2D eigenvalue weighted by molar-refractivity contribution is 0.264. The molecule has 0 radical (unpaired) electrons. The maximum Gasteiger partial charge on any atom is 0.234 e. The van der Waals surface area contributed by atoms with Crippen molar-refractivity contribution in [1.29, 1.82) is 0 Å². The molecule has 0 aromatic carbocycles. The summed E-state index contributed by atoms with van der Waals surface area (Å²) in [6.07, 6.45) is 5.90. The third-order valence-corrected chi connectivity index (χ3v) is 3.99. The highest BCUT2D eigenvalue weighted by atomic mass is 32.2. The van der Waals surface area contributed by atoms with Gasteiger partial charge in [0.2, 0.25) is 11.3 Å². The zero-order chi connectivity index (χ0) is 11.8. The Hall–Kier alpha value is 0.0300. The quantitative estimate of drug-likeness (QED) is 0.532. The molecule has 96 valence electrons. The summed E-state index contributed by atoms with van der Waals surface area (Å²) in [5.41, 5.74) is 0. The van der Waals surface area contributed by atoms with Gasteiger partial charge in [-0.05, 0) is 38.3 Å². The third-order valence-electron chi connectivity index (χ3n) is 3.18. The molecule has 1 saturated heterocycles. The molecule has 0 aliphatic carbocycles. The van der Waals surface area contributed by atoms with E-state index in [-0.39, 0.29) is 0 Å². The van der Waals surface area contributed by atoms with Crippen LogP contribution in [0, 0.1) is 5.92 Å². The number of piperidine rings is 1. The SMILES string of the molecule is CCCCCNCC1CCN(S(=O)O)CC1. The minimum absolute atomic E-state index is 0.682. The summed E-state index contributed by atoms with van der Waals surface area (Å²) < 4.78 is 21.4. The largest absolute Gasteiger partial charge is 0.316 e. The lowest BCUT2D eigenvalue weighted by Gasteiger charge is -2.28. The van der Waals surface area contributed by atoms with Crippen molar-refractivity contribution in [3.05, 3.63) is 0 Å². The minimum Gasteiger partial charge on any atom is -0.316 e. The molecule has 0 spiro atoms. The first-order chi connectivity index (χ1) is 7.74. The standard InChI is InChI=1S/C11H24N2O2S/c1-2-3-4-7-12-10-11-5-8-13(9-6-11)16(14)15/h11-12H,2-10H2,1H3,(H,14,15). The van der Waals surface area contributed by atoms with Crippen molar-refractivity contribution in [3.8, 4) is 0 Å². The first kappa shape index (κ1) is 14.1. The van der Waals surface area contributed by atoms with E-state index < -0.39 is 11.3 Å². The molecule has 5 heteroatoms. The van der Waals surface area contributed by atoms with Gasteiger partial charge in [0.05, 0.1) is 0 Å². The van der Waals surface area contributed by atoms with Gasteiger partial charge in [-0.15, -0.1) is 0 Å². The smallest absolute Gasteiger partial charge is 0.234 e. The Bertz CT molecular complexity index is 206. The molecule has 4 nitrogen and oxygen atoms in total. The van der Waals surface area contributed by atoms with Crippen LogP contribution >= 0.6 is 0 Å². The van der Waals surface area contributed by atoms with E-state index in [2.05, 4.69) is 12.2 Å². The number of nitrogens with zero attached hydrogens (tertiary/aromatic N) is 1. The molecule has 0 saturated carbocycles. The Kier molecular flexibility index (Phi) is 7.20. The van der Waals surface area contributed by atoms with Gasteiger partial charge in [0.25, 0.3) is 0 Å². The van der Waals surface area contributed by atoms with Gasteiger partial charge in [-0.3, -0.25) is 4.55 Å². The Labute approximate surface area is 101 Å². The molecule has 0 bridgehead atoms. The van der Waals surface area contributed by atoms with Crippen molar-refractivity contribution in [2.24, 2.45) is 5.92 Å². The summed E-state index contributed by atoms with van der Waals surface area (Å²) in [7, 11) is 0. The van der Waals surface area contributed by atoms with Crippen LogP contribution in [-0.2, 0) is 11.3 Å². The lowest BCUT2D eigenvalue weighted by Crippen LogP contribution is -2.38. The molecule has 0 amide bonds. The van der Waals surface area contributed by atoms with Crippen molar-refractivity contribution in [2.45, 2.75) is 39.0 Å². The van der Waals surface area contributed by atoms with Gasteiger partial charge in [0.1, 0.15) is 0 Å². The highest BCUT2D eigenvalue weighted by Crippen LogP contribution is 2.16. The van der Waals surface area contributed by atoms with Crippen molar-refractivity contribution in [1.82, 2.24) is 9.62 Å². The van der Waals surface area contributed by atoms with E-state index in [0.717, 1.165) is 39.0 Å². The van der Waals surface area contributed by atoms with E-state index in [1.165, 1.54) is 19.3 Å². The van der Waals surface area contributed by atoms with E-state index in [9.17, 15) is 4.21 Å². The fourth-order valence-corrected chi connectivity index (χ4v) is 2.60. The van der Waals surface area contributed by atoms with Crippen molar-refractivity contribution in [2.75, 3.05) is 26.2 Å². The summed E-state index contributed by atoms with van der Waals surface area (Å²) in [5, 5.41) is 3.48. The number of rotatable bonds is 7. The molecule has 1 aliphatic rings. The molecule has 0 aromatic heterocycles. The van der Waals surface area contributed by atoms with Crippen LogP contribution in [0.15, 0.2) is 0 Å². The molecular weight excluding hydrogens is 224 g/mol. The van der Waals surface area contributed by atoms with Gasteiger partial charge in [0.15, 0.2) is 0 Å². The van der Waals surface area contributed by atoms with Gasteiger partial charge >= 0.3 is 0 Å². The zero-order valence-electron chi connectivity index (χ0n) is 10.2. The van der Waals surface area contributed by atoms with Crippen molar-refractivity contribution in [3.63, 3.8) is 0 Å². The Morgan fingerprint density at radius 2 is 2.06 bits per heavy atom. The van der Waals surface area contributed by atoms with Crippen LogP contribution in [0.1, 0.15) is 39.0 Å². The first-order valence-corrected chi connectivity index (χ1v) is 7.37. The average molecular weight is 248 g/mol. The fraction of sp³-hybridized carbons (Fsp3) is 1.00. The summed E-state index contributed by atoms with van der Waals surface area (Å²) >= 11 is -1.76. The van der Waals surface area contributed by atoms with Crippen LogP contribution in [0.25, 0.3) is 0 Å². The fourth-order valence-electron chi connectivity index (χ4n) is 2.08. The maximum absolute atomic E-state index is 10.8. The molecule has 1 rings (SSSR count). The predicted molar refractivity (Wildman–Crippen MR) is 67.5 cm³/mol. The second kappa shape index (κ2) is 8.17. The minimum atomic E-state index is -1.76. The van der Waals surface area contributed by atoms with E-state index in [4.69, 9.17) is 4.55 Å². The number of hydrogen-bond acceptors (Lipinski definition) is 2. The first-order valence-electron chi connectivity index (χ1n) is 6.30. The summed E-state index contributed by atoms with van der Waals surface area (Å²) in [5.74, 6) is 0.682. The molecule has 0 aromatic rings. The van der Waals surface area contributed by atoms with Gasteiger partial charge in [-0.25, -0.2) is 8.51 Å². The Balaban J connectivity index is 2.02. The number of nitrogens with one attached hydrogen (secondary N) is 1. The van der Waals surface area contributed by atoms with E-state index in [1.807, 2.05) is 0 Å². The van der Waals surface area contributed by atoms with Crippen LogP contribution in [0.3, 0.4) is 0 Å². The van der Waals surface area contributed by atoms with Gasteiger partial charge in [0, 0.05) is 13.1 Å². The van der Waals surface area contributed by atoms with Gasteiger partial charge in [-0.2, -0.15) is 0 Å². The third kappa shape index (κ3) is 5.39. The summed E-state index contributed by atoms with van der Waals surface area (Å²) in [6, 6.07) is 0. The second-order valence-electron chi connectivity index (χ2n) is 4.51. The molecule has 1 atom stereocenters. The van der Waals surface area contributed by atoms with Crippen LogP contribution in [0.2, 0.25) is 0 Å². The Morgan fingerprint density at radius 3 is 2.62 bits per heavy atom. The second-order valence-corrected chi connectivity index (χ2v) is 5.49. The molecule has 16 heavy (non-hydrogen) atoms. The van der Waals surface area contributed by atoms with E-state index in [0.29, 0.717) is 5.92 Å². The molecule has 2 N–H and O–H groups in total. The normalized spacial score (nSPS) is 21.1. The summed E-state index contributed by atoms with van der Waals surface area (Å²) in [4.78, 5) is 0. The lowest BCUT2D eigenvalue weighted by atomic mass is 9.98. The number of hydrogen-bond donors (Lipinski definition) is 2. The topological polar surface area (TPSA) is 52.6 Å². The number of unbranched alkanes of at least 4 members (excludes halogenated alkanes) is 2. The van der Waals surface area contributed by atoms with Crippen LogP contribution < -0.4 is 5.32 Å². The highest BCUT2D eigenvalue weighted by molar-refractivity contribution is 7.76. The van der Waals surface area contributed by atoms with Crippen LogP contribution in [0.4, 0.5) is 0 Å². The molecule has 1 unspecified atom stereocenters. The average Bonchev–Trinajstić information content (AvgIpc) is 2.29. The van der Waals surface area contributed by atoms with E-state index >= 15 is 0 Å². The molecule has 1 fully saturated rings. The molecule has 1 heterocycles. The maximum atomic E-state index is 10.8. The van der Waals surface area contributed by atoms with E-state index in [1.54, 1.807) is 4.31 Å². The molecule has 1 aliphatic heterocycles. The van der Waals surface area contributed by atoms with Gasteiger partial charge < -0.3 is 5.32 Å². The van der Waals surface area contributed by atoms with Gasteiger partial charge in [-0.1, -0.05) is 19.8 Å². The Morgan fingerprint density at radius 1 is 1.38 bits per heavy atom.